The standard InChI is InChI=1S/C23H29N3O/c27-23(19-7-11-21(12-8-19)25-15-3-1-4-16-25)24-20-9-13-22(14-10-20)26-17-5-2-6-18-26/h7-14H,1-6,15-18H2,(H,24,27). The van der Waals surface area contributed by atoms with Crippen LogP contribution in [0.5, 0.6) is 0 Å². The van der Waals surface area contributed by atoms with Gasteiger partial charge in [0.2, 0.25) is 0 Å². The topological polar surface area (TPSA) is 35.6 Å². The number of amides is 1. The number of benzene rings is 2. The Kier molecular flexibility index (Phi) is 5.61. The van der Waals surface area contributed by atoms with Crippen LogP contribution in [-0.4, -0.2) is 32.1 Å². The van der Waals surface area contributed by atoms with Crippen LogP contribution in [0.2, 0.25) is 0 Å². The molecule has 4 heteroatoms. The Morgan fingerprint density at radius 1 is 0.630 bits per heavy atom. The summed E-state index contributed by atoms with van der Waals surface area (Å²) in [6.45, 7) is 4.51. The number of hydrogen-bond acceptors (Lipinski definition) is 3. The molecule has 1 amide bonds. The van der Waals surface area contributed by atoms with Gasteiger partial charge in [-0.25, -0.2) is 0 Å². The van der Waals surface area contributed by atoms with Crippen LogP contribution in [0.15, 0.2) is 48.5 Å². The van der Waals surface area contributed by atoms with E-state index in [0.717, 1.165) is 31.9 Å². The van der Waals surface area contributed by atoms with Crippen molar-refractivity contribution < 1.29 is 4.79 Å². The molecule has 27 heavy (non-hydrogen) atoms. The van der Waals surface area contributed by atoms with Crippen LogP contribution in [-0.2, 0) is 0 Å². The van der Waals surface area contributed by atoms with E-state index in [1.54, 1.807) is 0 Å². The molecule has 142 valence electrons. The Labute approximate surface area is 162 Å². The highest BCUT2D eigenvalue weighted by Gasteiger charge is 2.13. The van der Waals surface area contributed by atoms with Crippen molar-refractivity contribution in [3.63, 3.8) is 0 Å². The van der Waals surface area contributed by atoms with E-state index in [1.165, 1.54) is 49.9 Å². The van der Waals surface area contributed by atoms with Crippen molar-refractivity contribution in [3.05, 3.63) is 54.1 Å². The Balaban J connectivity index is 1.36. The average Bonchev–Trinajstić information content (AvgIpc) is 2.76. The first-order valence-electron chi connectivity index (χ1n) is 10.3. The predicted molar refractivity (Wildman–Crippen MR) is 113 cm³/mol. The molecule has 0 aliphatic carbocycles. The first kappa shape index (κ1) is 17.9. The zero-order valence-electron chi connectivity index (χ0n) is 16.0. The van der Waals surface area contributed by atoms with Crippen LogP contribution >= 0.6 is 0 Å². The summed E-state index contributed by atoms with van der Waals surface area (Å²) < 4.78 is 0. The third-order valence-corrected chi connectivity index (χ3v) is 5.70. The second-order valence-electron chi connectivity index (χ2n) is 7.64. The number of nitrogens with one attached hydrogen (secondary N) is 1. The Morgan fingerprint density at radius 3 is 1.56 bits per heavy atom. The summed E-state index contributed by atoms with van der Waals surface area (Å²) >= 11 is 0. The molecule has 0 unspecified atom stereocenters. The van der Waals surface area contributed by atoms with Gasteiger partial charge >= 0.3 is 0 Å². The molecular formula is C23H29N3O. The lowest BCUT2D eigenvalue weighted by molar-refractivity contribution is 0.102. The minimum atomic E-state index is -0.0501. The normalized spacial score (nSPS) is 17.6. The number of carbonyl (C=O) groups excluding carboxylic acids is 1. The summed E-state index contributed by atoms with van der Waals surface area (Å²) in [5.74, 6) is -0.0501. The maximum Gasteiger partial charge on any atom is 0.255 e. The van der Waals surface area contributed by atoms with Crippen molar-refractivity contribution >= 4 is 23.0 Å². The van der Waals surface area contributed by atoms with Crippen LogP contribution in [0.3, 0.4) is 0 Å². The SMILES string of the molecule is O=C(Nc1ccc(N2CCCCC2)cc1)c1ccc(N2CCCCC2)cc1. The van der Waals surface area contributed by atoms with Crippen molar-refractivity contribution in [2.24, 2.45) is 0 Å². The summed E-state index contributed by atoms with van der Waals surface area (Å²) in [6, 6.07) is 16.2. The van der Waals surface area contributed by atoms with Crippen LogP contribution < -0.4 is 15.1 Å². The van der Waals surface area contributed by atoms with Crippen molar-refractivity contribution in [1.82, 2.24) is 0 Å². The molecule has 0 aromatic heterocycles. The molecule has 1 N–H and O–H groups in total. The van der Waals surface area contributed by atoms with Crippen LogP contribution in [0.1, 0.15) is 48.9 Å². The highest BCUT2D eigenvalue weighted by atomic mass is 16.1. The number of carbonyl (C=O) groups is 1. The number of rotatable bonds is 4. The zero-order chi connectivity index (χ0) is 18.5. The second kappa shape index (κ2) is 8.47. The van der Waals surface area contributed by atoms with Crippen molar-refractivity contribution in [2.75, 3.05) is 41.3 Å². The van der Waals surface area contributed by atoms with E-state index >= 15 is 0 Å². The summed E-state index contributed by atoms with van der Waals surface area (Å²) in [5.41, 5.74) is 4.02. The maximum atomic E-state index is 12.6. The summed E-state index contributed by atoms with van der Waals surface area (Å²) in [7, 11) is 0. The molecule has 2 aromatic rings. The predicted octanol–water partition coefficient (Wildman–Crippen LogP) is 4.92. The largest absolute Gasteiger partial charge is 0.372 e. The van der Waals surface area contributed by atoms with Gasteiger partial charge in [0.1, 0.15) is 0 Å². The zero-order valence-corrected chi connectivity index (χ0v) is 16.0. The smallest absolute Gasteiger partial charge is 0.255 e. The van der Waals surface area contributed by atoms with Crippen LogP contribution in [0, 0.1) is 0 Å². The van der Waals surface area contributed by atoms with Gasteiger partial charge in [0.05, 0.1) is 0 Å². The second-order valence-corrected chi connectivity index (χ2v) is 7.64. The highest BCUT2D eigenvalue weighted by molar-refractivity contribution is 6.04. The average molecular weight is 364 g/mol. The first-order valence-corrected chi connectivity index (χ1v) is 10.3. The fourth-order valence-electron chi connectivity index (χ4n) is 4.09. The van der Waals surface area contributed by atoms with Gasteiger partial charge in [-0.1, -0.05) is 0 Å². The third kappa shape index (κ3) is 4.44. The minimum absolute atomic E-state index is 0.0501. The fourth-order valence-corrected chi connectivity index (χ4v) is 4.09. The summed E-state index contributed by atoms with van der Waals surface area (Å²) in [6.07, 6.45) is 7.72. The monoisotopic (exact) mass is 363 g/mol. The minimum Gasteiger partial charge on any atom is -0.372 e. The molecule has 4 rings (SSSR count). The number of hydrogen-bond donors (Lipinski definition) is 1. The van der Waals surface area contributed by atoms with Gasteiger partial charge in [0.25, 0.3) is 5.91 Å². The molecule has 2 saturated heterocycles. The number of anilines is 3. The molecule has 2 aromatic carbocycles. The van der Waals surface area contributed by atoms with Crippen LogP contribution in [0.25, 0.3) is 0 Å². The van der Waals surface area contributed by atoms with E-state index in [1.807, 2.05) is 24.3 Å². The lowest BCUT2D eigenvalue weighted by Gasteiger charge is -2.29. The Morgan fingerprint density at radius 2 is 1.07 bits per heavy atom. The van der Waals surface area contributed by atoms with E-state index in [9.17, 15) is 4.79 Å². The molecule has 0 spiro atoms. The Hall–Kier alpha value is -2.49. The van der Waals surface area contributed by atoms with Crippen molar-refractivity contribution in [1.29, 1.82) is 0 Å². The van der Waals surface area contributed by atoms with Gasteiger partial charge < -0.3 is 15.1 Å². The third-order valence-electron chi connectivity index (χ3n) is 5.70. The van der Waals surface area contributed by atoms with Gasteiger partial charge in [-0.2, -0.15) is 0 Å². The van der Waals surface area contributed by atoms with Gasteiger partial charge in [-0.15, -0.1) is 0 Å². The molecule has 4 nitrogen and oxygen atoms in total. The van der Waals surface area contributed by atoms with E-state index < -0.39 is 0 Å². The molecule has 2 aliphatic rings. The van der Waals surface area contributed by atoms with Gasteiger partial charge in [-0.05, 0) is 87.1 Å². The van der Waals surface area contributed by atoms with E-state index in [4.69, 9.17) is 0 Å². The molecule has 0 radical (unpaired) electrons. The molecule has 0 bridgehead atoms. The first-order chi connectivity index (χ1) is 13.3. The molecular weight excluding hydrogens is 334 g/mol. The lowest BCUT2D eigenvalue weighted by Crippen LogP contribution is -2.29. The number of nitrogens with zero attached hydrogens (tertiary/aromatic N) is 2. The van der Waals surface area contributed by atoms with Gasteiger partial charge in [0.15, 0.2) is 0 Å². The van der Waals surface area contributed by atoms with E-state index in [2.05, 4.69) is 39.4 Å². The lowest BCUT2D eigenvalue weighted by atomic mass is 10.1. The summed E-state index contributed by atoms with van der Waals surface area (Å²) in [4.78, 5) is 17.4. The molecule has 2 aliphatic heterocycles. The summed E-state index contributed by atoms with van der Waals surface area (Å²) in [5, 5.41) is 3.02. The molecule has 0 saturated carbocycles. The molecule has 0 atom stereocenters. The fraction of sp³-hybridized carbons (Fsp3) is 0.435. The molecule has 2 fully saturated rings. The van der Waals surface area contributed by atoms with Crippen molar-refractivity contribution in [3.8, 4) is 0 Å². The Bertz CT molecular complexity index is 742. The van der Waals surface area contributed by atoms with Crippen LogP contribution in [0.4, 0.5) is 17.1 Å². The number of piperidine rings is 2. The maximum absolute atomic E-state index is 12.6. The van der Waals surface area contributed by atoms with Gasteiger partial charge in [0, 0.05) is 48.8 Å². The van der Waals surface area contributed by atoms with E-state index in [-0.39, 0.29) is 5.91 Å². The van der Waals surface area contributed by atoms with E-state index in [0.29, 0.717) is 5.56 Å². The van der Waals surface area contributed by atoms with Gasteiger partial charge in [-0.3, -0.25) is 4.79 Å². The highest BCUT2D eigenvalue weighted by Crippen LogP contribution is 2.23. The molecule has 2 heterocycles. The van der Waals surface area contributed by atoms with Crippen molar-refractivity contribution in [2.45, 2.75) is 38.5 Å². The quantitative estimate of drug-likeness (QED) is 0.837.